The van der Waals surface area contributed by atoms with E-state index in [4.69, 9.17) is 4.74 Å². The third kappa shape index (κ3) is 4.57. The van der Waals surface area contributed by atoms with Crippen LogP contribution in [0.15, 0.2) is 0 Å². The highest BCUT2D eigenvalue weighted by Crippen LogP contribution is 2.27. The minimum atomic E-state index is 0.479. The summed E-state index contributed by atoms with van der Waals surface area (Å²) in [6, 6.07) is 0. The second-order valence-electron chi connectivity index (χ2n) is 6.38. The van der Waals surface area contributed by atoms with Crippen molar-refractivity contribution >= 4 is 0 Å². The van der Waals surface area contributed by atoms with Crippen LogP contribution >= 0.6 is 0 Å². The molecular weight excluding hydrogens is 212 g/mol. The minimum absolute atomic E-state index is 0.479. The van der Waals surface area contributed by atoms with Crippen LogP contribution in [0.1, 0.15) is 39.5 Å². The summed E-state index contributed by atoms with van der Waals surface area (Å²) in [5.41, 5.74) is 0.521. The van der Waals surface area contributed by atoms with E-state index in [1.165, 1.54) is 45.3 Å². The third-order valence-electron chi connectivity index (χ3n) is 3.98. The van der Waals surface area contributed by atoms with Gasteiger partial charge in [0.1, 0.15) is 0 Å². The van der Waals surface area contributed by atoms with Crippen LogP contribution in [0.25, 0.3) is 0 Å². The van der Waals surface area contributed by atoms with Gasteiger partial charge >= 0.3 is 0 Å². The van der Waals surface area contributed by atoms with Crippen molar-refractivity contribution in [3.8, 4) is 0 Å². The molecule has 1 N–H and O–H groups in total. The van der Waals surface area contributed by atoms with Crippen LogP contribution in [-0.4, -0.2) is 50.3 Å². The lowest BCUT2D eigenvalue weighted by atomic mass is 9.84. The minimum Gasteiger partial charge on any atom is -0.377 e. The van der Waals surface area contributed by atoms with Gasteiger partial charge in [-0.15, -0.1) is 0 Å². The van der Waals surface area contributed by atoms with Gasteiger partial charge in [0.15, 0.2) is 0 Å². The maximum atomic E-state index is 5.60. The second-order valence-corrected chi connectivity index (χ2v) is 6.38. The molecule has 0 amide bonds. The summed E-state index contributed by atoms with van der Waals surface area (Å²) in [4.78, 5) is 2.60. The first-order valence-electron chi connectivity index (χ1n) is 7.20. The van der Waals surface area contributed by atoms with Crippen LogP contribution < -0.4 is 5.32 Å². The second kappa shape index (κ2) is 6.17. The molecule has 0 aromatic carbocycles. The van der Waals surface area contributed by atoms with E-state index < -0.39 is 0 Å². The third-order valence-corrected chi connectivity index (χ3v) is 3.98. The normalized spacial score (nSPS) is 29.6. The van der Waals surface area contributed by atoms with Crippen LogP contribution in [0.3, 0.4) is 0 Å². The van der Waals surface area contributed by atoms with E-state index in [0.29, 0.717) is 11.5 Å². The molecule has 17 heavy (non-hydrogen) atoms. The molecule has 0 bridgehead atoms. The molecular formula is C14H28N2O. The Hall–Kier alpha value is -0.120. The van der Waals surface area contributed by atoms with Crippen molar-refractivity contribution in [3.63, 3.8) is 0 Å². The Bertz CT molecular complexity index is 224. The van der Waals surface area contributed by atoms with Crippen molar-refractivity contribution in [2.24, 2.45) is 5.41 Å². The van der Waals surface area contributed by atoms with Crippen LogP contribution in [0.2, 0.25) is 0 Å². The number of likely N-dealkylation sites (tertiary alicyclic amines) is 1. The largest absolute Gasteiger partial charge is 0.377 e. The molecule has 2 rings (SSSR count). The van der Waals surface area contributed by atoms with Gasteiger partial charge in [-0.05, 0) is 37.6 Å². The Morgan fingerprint density at radius 1 is 1.35 bits per heavy atom. The fourth-order valence-electron chi connectivity index (χ4n) is 3.04. The van der Waals surface area contributed by atoms with E-state index in [9.17, 15) is 0 Å². The van der Waals surface area contributed by atoms with Gasteiger partial charge in [0.2, 0.25) is 0 Å². The van der Waals surface area contributed by atoms with Gasteiger partial charge in [0.05, 0.1) is 6.10 Å². The number of hydrogen-bond donors (Lipinski definition) is 1. The number of nitrogens with one attached hydrogen (secondary N) is 1. The smallest absolute Gasteiger partial charge is 0.0700 e. The van der Waals surface area contributed by atoms with Gasteiger partial charge in [-0.25, -0.2) is 0 Å². The highest BCUT2D eigenvalue weighted by molar-refractivity contribution is 4.80. The van der Waals surface area contributed by atoms with Gasteiger partial charge in [-0.1, -0.05) is 13.8 Å². The lowest BCUT2D eigenvalue weighted by molar-refractivity contribution is 0.102. The Labute approximate surface area is 106 Å². The van der Waals surface area contributed by atoms with E-state index in [1.54, 1.807) is 0 Å². The summed E-state index contributed by atoms with van der Waals surface area (Å²) in [7, 11) is 0. The lowest BCUT2D eigenvalue weighted by Crippen LogP contribution is -2.43. The molecule has 3 heteroatoms. The summed E-state index contributed by atoms with van der Waals surface area (Å²) < 4.78 is 5.60. The predicted octanol–water partition coefficient (Wildman–Crippen LogP) is 1.88. The van der Waals surface area contributed by atoms with E-state index in [1.807, 2.05) is 0 Å². The van der Waals surface area contributed by atoms with Crippen molar-refractivity contribution < 1.29 is 4.74 Å². The van der Waals surface area contributed by atoms with Gasteiger partial charge < -0.3 is 15.0 Å². The van der Waals surface area contributed by atoms with Crippen LogP contribution in [0, 0.1) is 5.41 Å². The predicted molar refractivity (Wildman–Crippen MR) is 71.3 cm³/mol. The first-order chi connectivity index (χ1) is 8.16. The zero-order valence-electron chi connectivity index (χ0n) is 11.5. The molecule has 1 atom stereocenters. The quantitative estimate of drug-likeness (QED) is 0.743. The number of hydrogen-bond acceptors (Lipinski definition) is 3. The standard InChI is InChI=1S/C14H28N2O/c1-14(2)6-4-8-16(12-14)9-7-15-11-13-5-3-10-17-13/h13,15H,3-12H2,1-2H3. The number of ether oxygens (including phenoxy) is 1. The molecule has 2 fully saturated rings. The Morgan fingerprint density at radius 3 is 2.94 bits per heavy atom. The molecule has 0 saturated carbocycles. The van der Waals surface area contributed by atoms with E-state index >= 15 is 0 Å². The Morgan fingerprint density at radius 2 is 2.24 bits per heavy atom. The molecule has 2 aliphatic heterocycles. The maximum Gasteiger partial charge on any atom is 0.0700 e. The molecule has 0 aromatic rings. The molecule has 0 radical (unpaired) electrons. The average Bonchev–Trinajstić information content (AvgIpc) is 2.76. The van der Waals surface area contributed by atoms with E-state index in [0.717, 1.165) is 19.7 Å². The molecule has 1 unspecified atom stereocenters. The molecule has 2 heterocycles. The zero-order valence-corrected chi connectivity index (χ0v) is 11.5. The highest BCUT2D eigenvalue weighted by atomic mass is 16.5. The summed E-state index contributed by atoms with van der Waals surface area (Å²) in [6.45, 7) is 11.6. The van der Waals surface area contributed by atoms with Crippen molar-refractivity contribution in [1.82, 2.24) is 10.2 Å². The van der Waals surface area contributed by atoms with Crippen molar-refractivity contribution in [2.45, 2.75) is 45.6 Å². The highest BCUT2D eigenvalue weighted by Gasteiger charge is 2.25. The first kappa shape index (κ1) is 13.3. The molecule has 3 nitrogen and oxygen atoms in total. The zero-order chi connectivity index (χ0) is 12.1. The fraction of sp³-hybridized carbons (Fsp3) is 1.00. The molecule has 0 aromatic heterocycles. The van der Waals surface area contributed by atoms with Crippen LogP contribution in [0.5, 0.6) is 0 Å². The number of nitrogens with zero attached hydrogens (tertiary/aromatic N) is 1. The topological polar surface area (TPSA) is 24.5 Å². The summed E-state index contributed by atoms with van der Waals surface area (Å²) in [5, 5.41) is 3.54. The summed E-state index contributed by atoms with van der Waals surface area (Å²) in [5.74, 6) is 0. The monoisotopic (exact) mass is 240 g/mol. The van der Waals surface area contributed by atoms with Crippen LogP contribution in [0.4, 0.5) is 0 Å². The van der Waals surface area contributed by atoms with Crippen molar-refractivity contribution in [3.05, 3.63) is 0 Å². The van der Waals surface area contributed by atoms with Gasteiger partial charge in [-0.2, -0.15) is 0 Å². The maximum absolute atomic E-state index is 5.60. The van der Waals surface area contributed by atoms with Crippen molar-refractivity contribution in [2.75, 3.05) is 39.3 Å². The average molecular weight is 240 g/mol. The summed E-state index contributed by atoms with van der Waals surface area (Å²) >= 11 is 0. The van der Waals surface area contributed by atoms with Crippen molar-refractivity contribution in [1.29, 1.82) is 0 Å². The fourth-order valence-corrected chi connectivity index (χ4v) is 3.04. The Kier molecular flexibility index (Phi) is 4.83. The van der Waals surface area contributed by atoms with E-state index in [2.05, 4.69) is 24.1 Å². The molecule has 2 aliphatic rings. The molecule has 2 saturated heterocycles. The molecule has 0 spiro atoms. The number of piperidine rings is 1. The van der Waals surface area contributed by atoms with E-state index in [-0.39, 0.29) is 0 Å². The first-order valence-corrected chi connectivity index (χ1v) is 7.20. The number of rotatable bonds is 5. The van der Waals surface area contributed by atoms with Gasteiger partial charge in [-0.3, -0.25) is 0 Å². The van der Waals surface area contributed by atoms with Gasteiger partial charge in [0, 0.05) is 32.8 Å². The molecule has 0 aliphatic carbocycles. The Balaban J connectivity index is 1.55. The van der Waals surface area contributed by atoms with Gasteiger partial charge in [0.25, 0.3) is 0 Å². The SMILES string of the molecule is CC1(C)CCCN(CCNCC2CCCO2)C1. The molecule has 100 valence electrons. The van der Waals surface area contributed by atoms with Crippen LogP contribution in [-0.2, 0) is 4.74 Å². The lowest BCUT2D eigenvalue weighted by Gasteiger charge is -2.38. The summed E-state index contributed by atoms with van der Waals surface area (Å²) in [6.07, 6.45) is 5.70.